The van der Waals surface area contributed by atoms with E-state index in [0.29, 0.717) is 44.2 Å². The maximum absolute atomic E-state index is 10.4. The number of ether oxygens (including phenoxy) is 4. The van der Waals surface area contributed by atoms with E-state index in [1.54, 1.807) is 0 Å². The second-order valence-corrected chi connectivity index (χ2v) is 10.9. The van der Waals surface area contributed by atoms with Crippen molar-refractivity contribution in [3.8, 4) is 0 Å². The van der Waals surface area contributed by atoms with Crippen molar-refractivity contribution in [2.75, 3.05) is 33.0 Å². The second-order valence-electron chi connectivity index (χ2n) is 10.9. The van der Waals surface area contributed by atoms with Gasteiger partial charge in [0.1, 0.15) is 0 Å². The molecule has 0 saturated heterocycles. The van der Waals surface area contributed by atoms with Crippen LogP contribution >= 0.6 is 0 Å². The lowest BCUT2D eigenvalue weighted by Gasteiger charge is -2.45. The second kappa shape index (κ2) is 10.2. The summed E-state index contributed by atoms with van der Waals surface area (Å²) in [5.41, 5.74) is -0.440. The largest absolute Gasteiger partial charge is 0.387 e. The van der Waals surface area contributed by atoms with Crippen LogP contribution in [0, 0.1) is 11.3 Å². The zero-order valence-corrected chi connectivity index (χ0v) is 19.1. The lowest BCUT2D eigenvalue weighted by Crippen LogP contribution is -2.53. The molecule has 0 aliphatic heterocycles. The van der Waals surface area contributed by atoms with Gasteiger partial charge in [0.2, 0.25) is 0 Å². The first kappa shape index (κ1) is 24.1. The highest BCUT2D eigenvalue weighted by molar-refractivity contribution is 4.96. The molecule has 0 radical (unpaired) electrons. The fourth-order valence-electron chi connectivity index (χ4n) is 3.94. The Morgan fingerprint density at radius 2 is 1.39 bits per heavy atom. The summed E-state index contributed by atoms with van der Waals surface area (Å²) in [6.07, 6.45) is 6.16. The molecule has 0 atom stereocenters. The summed E-state index contributed by atoms with van der Waals surface area (Å²) in [7, 11) is 0. The number of hydrogen-bond donors (Lipinski definition) is 1. The molecule has 2 saturated carbocycles. The zero-order chi connectivity index (χ0) is 20.8. The first-order valence-corrected chi connectivity index (χ1v) is 11.1. The van der Waals surface area contributed by atoms with Crippen molar-refractivity contribution in [3.63, 3.8) is 0 Å². The predicted molar refractivity (Wildman–Crippen MR) is 112 cm³/mol. The molecule has 2 rings (SSSR count). The Hall–Kier alpha value is -0.200. The average Bonchev–Trinajstić information content (AvgIpc) is 2.46. The summed E-state index contributed by atoms with van der Waals surface area (Å²) >= 11 is 0. The van der Waals surface area contributed by atoms with Gasteiger partial charge in [0, 0.05) is 39.3 Å². The van der Waals surface area contributed by atoms with Gasteiger partial charge in [-0.05, 0) is 57.8 Å². The Kier molecular flexibility index (Phi) is 8.78. The van der Waals surface area contributed by atoms with Crippen molar-refractivity contribution in [2.45, 2.75) is 103 Å². The van der Waals surface area contributed by atoms with Gasteiger partial charge in [-0.25, -0.2) is 0 Å². The molecule has 2 fully saturated rings. The standard InChI is InChI=1S/C23H44O5/c1-21(2,3)18-13-19(14-18)27-12-8-10-25-9-7-11-26-17-23(24)15-20(16-23)28-22(4,5)6/h18-20,24H,7-17H2,1-6H3. The fraction of sp³-hybridized carbons (Fsp3) is 1.00. The van der Waals surface area contributed by atoms with Crippen LogP contribution in [0.3, 0.4) is 0 Å². The number of hydrogen-bond acceptors (Lipinski definition) is 5. The molecule has 0 aromatic heterocycles. The van der Waals surface area contributed by atoms with Crippen molar-refractivity contribution in [1.29, 1.82) is 0 Å². The predicted octanol–water partition coefficient (Wildman–Crippen LogP) is 4.35. The normalized spacial score (nSPS) is 30.8. The van der Waals surface area contributed by atoms with Crippen molar-refractivity contribution in [2.24, 2.45) is 11.3 Å². The van der Waals surface area contributed by atoms with Crippen LogP contribution in [0.2, 0.25) is 0 Å². The SMILES string of the molecule is CC(C)(C)OC1CC(O)(COCCCOCCCOC2CC(C(C)(C)C)C2)C1. The number of rotatable bonds is 12. The zero-order valence-electron chi connectivity index (χ0n) is 19.1. The van der Waals surface area contributed by atoms with E-state index >= 15 is 0 Å². The van der Waals surface area contributed by atoms with Gasteiger partial charge >= 0.3 is 0 Å². The average molecular weight is 401 g/mol. The molecular formula is C23H44O5. The first-order chi connectivity index (χ1) is 13.0. The molecule has 0 bridgehead atoms. The molecule has 2 aliphatic rings. The van der Waals surface area contributed by atoms with Gasteiger partial charge in [0.15, 0.2) is 0 Å². The topological polar surface area (TPSA) is 57.2 Å². The molecule has 5 heteroatoms. The van der Waals surface area contributed by atoms with E-state index in [0.717, 1.165) is 32.0 Å². The Morgan fingerprint density at radius 3 is 1.96 bits per heavy atom. The molecule has 0 heterocycles. The highest BCUT2D eigenvalue weighted by atomic mass is 16.5. The Morgan fingerprint density at radius 1 is 0.821 bits per heavy atom. The van der Waals surface area contributed by atoms with Crippen LogP contribution in [0.5, 0.6) is 0 Å². The van der Waals surface area contributed by atoms with Crippen LogP contribution in [-0.2, 0) is 18.9 Å². The monoisotopic (exact) mass is 400 g/mol. The molecule has 2 aliphatic carbocycles. The van der Waals surface area contributed by atoms with Crippen molar-refractivity contribution in [1.82, 2.24) is 0 Å². The van der Waals surface area contributed by atoms with Crippen LogP contribution in [0.4, 0.5) is 0 Å². The molecule has 166 valence electrons. The summed E-state index contributed by atoms with van der Waals surface area (Å²) in [4.78, 5) is 0. The molecule has 0 amide bonds. The van der Waals surface area contributed by atoms with Crippen LogP contribution in [0.25, 0.3) is 0 Å². The van der Waals surface area contributed by atoms with Crippen LogP contribution in [0.1, 0.15) is 80.1 Å². The van der Waals surface area contributed by atoms with E-state index in [9.17, 15) is 5.11 Å². The third-order valence-corrected chi connectivity index (χ3v) is 5.79. The molecule has 5 nitrogen and oxygen atoms in total. The molecule has 0 spiro atoms. The van der Waals surface area contributed by atoms with Crippen LogP contribution in [0.15, 0.2) is 0 Å². The Balaban J connectivity index is 1.34. The number of aliphatic hydroxyl groups is 1. The Bertz CT molecular complexity index is 439. The maximum Gasteiger partial charge on any atom is 0.0929 e. The summed E-state index contributed by atoms with van der Waals surface area (Å²) in [5.74, 6) is 0.809. The van der Waals surface area contributed by atoms with E-state index in [1.807, 2.05) is 20.8 Å². The van der Waals surface area contributed by atoms with E-state index in [2.05, 4.69) is 20.8 Å². The summed E-state index contributed by atoms with van der Waals surface area (Å²) in [6.45, 7) is 16.3. The van der Waals surface area contributed by atoms with Gasteiger partial charge in [0.05, 0.1) is 30.0 Å². The third-order valence-electron chi connectivity index (χ3n) is 5.79. The fourth-order valence-corrected chi connectivity index (χ4v) is 3.94. The molecular weight excluding hydrogens is 356 g/mol. The van der Waals surface area contributed by atoms with Crippen molar-refractivity contribution < 1.29 is 24.1 Å². The third kappa shape index (κ3) is 8.66. The highest BCUT2D eigenvalue weighted by Gasteiger charge is 2.45. The minimum atomic E-state index is -0.707. The van der Waals surface area contributed by atoms with E-state index in [4.69, 9.17) is 18.9 Å². The summed E-state index contributed by atoms with van der Waals surface area (Å²) < 4.78 is 23.0. The van der Waals surface area contributed by atoms with Gasteiger partial charge in [-0.15, -0.1) is 0 Å². The van der Waals surface area contributed by atoms with Crippen molar-refractivity contribution >= 4 is 0 Å². The van der Waals surface area contributed by atoms with Crippen LogP contribution < -0.4 is 0 Å². The minimum Gasteiger partial charge on any atom is -0.387 e. The smallest absolute Gasteiger partial charge is 0.0929 e. The minimum absolute atomic E-state index is 0.151. The quantitative estimate of drug-likeness (QED) is 0.494. The Labute approximate surface area is 172 Å². The summed E-state index contributed by atoms with van der Waals surface area (Å²) in [6, 6.07) is 0. The highest BCUT2D eigenvalue weighted by Crippen LogP contribution is 2.42. The van der Waals surface area contributed by atoms with E-state index < -0.39 is 5.60 Å². The van der Waals surface area contributed by atoms with Gasteiger partial charge in [-0.2, -0.15) is 0 Å². The molecule has 0 aromatic carbocycles. The van der Waals surface area contributed by atoms with E-state index in [1.165, 1.54) is 12.8 Å². The van der Waals surface area contributed by atoms with Crippen LogP contribution in [-0.4, -0.2) is 61.6 Å². The lowest BCUT2D eigenvalue weighted by molar-refractivity contribution is -0.197. The van der Waals surface area contributed by atoms with Gasteiger partial charge in [-0.1, -0.05) is 20.8 Å². The van der Waals surface area contributed by atoms with Gasteiger partial charge in [-0.3, -0.25) is 0 Å². The lowest BCUT2D eigenvalue weighted by atomic mass is 9.67. The molecule has 28 heavy (non-hydrogen) atoms. The first-order valence-electron chi connectivity index (χ1n) is 11.1. The van der Waals surface area contributed by atoms with E-state index in [-0.39, 0.29) is 11.7 Å². The van der Waals surface area contributed by atoms with Gasteiger partial charge in [0.25, 0.3) is 0 Å². The molecule has 1 N–H and O–H groups in total. The summed E-state index contributed by atoms with van der Waals surface area (Å²) in [5, 5.41) is 10.4. The molecule has 0 aromatic rings. The van der Waals surface area contributed by atoms with Crippen molar-refractivity contribution in [3.05, 3.63) is 0 Å². The van der Waals surface area contributed by atoms with Gasteiger partial charge < -0.3 is 24.1 Å². The molecule has 0 unspecified atom stereocenters. The maximum atomic E-state index is 10.4.